The van der Waals surface area contributed by atoms with Crippen LogP contribution >= 0.6 is 11.6 Å². The average Bonchev–Trinajstić information content (AvgIpc) is 2.46. The van der Waals surface area contributed by atoms with E-state index in [-0.39, 0.29) is 16.3 Å². The summed E-state index contributed by atoms with van der Waals surface area (Å²) in [6.07, 6.45) is 0. The van der Waals surface area contributed by atoms with Gasteiger partial charge in [0.2, 0.25) is 0 Å². The molecule has 1 heterocycles. The summed E-state index contributed by atoms with van der Waals surface area (Å²) in [6, 6.07) is 12.7. The molecule has 0 saturated heterocycles. The van der Waals surface area contributed by atoms with Crippen molar-refractivity contribution in [2.45, 2.75) is 0 Å². The van der Waals surface area contributed by atoms with Gasteiger partial charge in [-0.05, 0) is 18.2 Å². The lowest BCUT2D eigenvalue weighted by Crippen LogP contribution is -2.03. The first-order chi connectivity index (χ1) is 10.1. The molecular weight excluding hydrogens is 294 g/mol. The third-order valence-corrected chi connectivity index (χ3v) is 3.41. The summed E-state index contributed by atoms with van der Waals surface area (Å²) < 4.78 is 5.23. The maximum atomic E-state index is 12.0. The molecule has 0 unspecified atom stereocenters. The second kappa shape index (κ2) is 5.03. The van der Waals surface area contributed by atoms with E-state index >= 15 is 0 Å². The summed E-state index contributed by atoms with van der Waals surface area (Å²) in [5.74, 6) is 0. The van der Waals surface area contributed by atoms with Crippen LogP contribution in [-0.4, -0.2) is 4.92 Å². The van der Waals surface area contributed by atoms with E-state index in [4.69, 9.17) is 16.0 Å². The van der Waals surface area contributed by atoms with Crippen LogP contribution in [0.25, 0.3) is 22.1 Å². The third-order valence-electron chi connectivity index (χ3n) is 3.10. The number of halogens is 1. The van der Waals surface area contributed by atoms with Crippen LogP contribution in [0.5, 0.6) is 0 Å². The Hall–Kier alpha value is -2.66. The highest BCUT2D eigenvalue weighted by Gasteiger charge is 2.14. The van der Waals surface area contributed by atoms with Crippen molar-refractivity contribution in [3.8, 4) is 11.1 Å². The highest BCUT2D eigenvalue weighted by molar-refractivity contribution is 6.33. The van der Waals surface area contributed by atoms with Crippen LogP contribution in [0.1, 0.15) is 0 Å². The first kappa shape index (κ1) is 13.3. The zero-order valence-electron chi connectivity index (χ0n) is 10.6. The molecule has 2 aromatic carbocycles. The Morgan fingerprint density at radius 3 is 2.52 bits per heavy atom. The van der Waals surface area contributed by atoms with E-state index in [0.717, 1.165) is 5.39 Å². The fourth-order valence-electron chi connectivity index (χ4n) is 2.09. The molecule has 0 amide bonds. The molecular formula is C15H8ClNO4. The van der Waals surface area contributed by atoms with Gasteiger partial charge in [0.15, 0.2) is 0 Å². The van der Waals surface area contributed by atoms with Gasteiger partial charge in [-0.2, -0.15) is 0 Å². The van der Waals surface area contributed by atoms with Gasteiger partial charge in [0.05, 0.1) is 15.5 Å². The Kier molecular flexibility index (Phi) is 3.19. The zero-order chi connectivity index (χ0) is 15.0. The zero-order valence-corrected chi connectivity index (χ0v) is 11.3. The Balaban J connectivity index is 2.23. The van der Waals surface area contributed by atoms with Crippen molar-refractivity contribution in [2.75, 3.05) is 0 Å². The van der Waals surface area contributed by atoms with Gasteiger partial charge >= 0.3 is 5.63 Å². The van der Waals surface area contributed by atoms with Gasteiger partial charge in [-0.3, -0.25) is 10.1 Å². The van der Waals surface area contributed by atoms with E-state index in [9.17, 15) is 14.9 Å². The molecule has 0 N–H and O–H groups in total. The number of hydrogen-bond donors (Lipinski definition) is 0. The summed E-state index contributed by atoms with van der Waals surface area (Å²) in [6.45, 7) is 0. The molecule has 0 aliphatic rings. The van der Waals surface area contributed by atoms with Gasteiger partial charge < -0.3 is 4.42 Å². The van der Waals surface area contributed by atoms with E-state index in [1.54, 1.807) is 24.3 Å². The predicted molar refractivity (Wildman–Crippen MR) is 79.6 cm³/mol. The summed E-state index contributed by atoms with van der Waals surface area (Å²) in [4.78, 5) is 22.2. The van der Waals surface area contributed by atoms with Gasteiger partial charge in [0.1, 0.15) is 5.58 Å². The molecule has 0 aliphatic carbocycles. The van der Waals surface area contributed by atoms with Gasteiger partial charge in [0, 0.05) is 23.1 Å². The normalized spacial score (nSPS) is 10.7. The number of fused-ring (bicyclic) bond motifs is 1. The topological polar surface area (TPSA) is 73.3 Å². The first-order valence-electron chi connectivity index (χ1n) is 6.03. The molecule has 0 bridgehead atoms. The molecule has 0 saturated carbocycles. The van der Waals surface area contributed by atoms with Crippen LogP contribution in [0.2, 0.25) is 5.02 Å². The number of rotatable bonds is 2. The smallest absolute Gasteiger partial charge is 0.344 e. The van der Waals surface area contributed by atoms with Crippen molar-refractivity contribution in [1.29, 1.82) is 0 Å². The average molecular weight is 302 g/mol. The fraction of sp³-hybridized carbons (Fsp3) is 0. The minimum atomic E-state index is -0.543. The van der Waals surface area contributed by atoms with Crippen LogP contribution in [0.4, 0.5) is 5.69 Å². The SMILES string of the molecule is O=c1oc2ccccc2cc1-c1ccc([N+](=O)[O-])cc1Cl. The minimum Gasteiger partial charge on any atom is -0.422 e. The minimum absolute atomic E-state index is 0.131. The van der Waals surface area contributed by atoms with Crippen LogP contribution in [0, 0.1) is 10.1 Å². The van der Waals surface area contributed by atoms with E-state index in [1.807, 2.05) is 6.07 Å². The molecule has 0 atom stereocenters. The Bertz CT molecular complexity index is 917. The number of nitro groups is 1. The molecule has 3 aromatic rings. The maximum absolute atomic E-state index is 12.0. The molecule has 21 heavy (non-hydrogen) atoms. The van der Waals surface area contributed by atoms with E-state index in [1.165, 1.54) is 18.2 Å². The lowest BCUT2D eigenvalue weighted by Gasteiger charge is -2.04. The number of para-hydroxylation sites is 1. The lowest BCUT2D eigenvalue weighted by molar-refractivity contribution is -0.384. The van der Waals surface area contributed by atoms with Crippen LogP contribution in [-0.2, 0) is 0 Å². The molecule has 0 aliphatic heterocycles. The van der Waals surface area contributed by atoms with Gasteiger partial charge in [0.25, 0.3) is 5.69 Å². The van der Waals surface area contributed by atoms with Crippen molar-refractivity contribution in [1.82, 2.24) is 0 Å². The van der Waals surface area contributed by atoms with Crippen molar-refractivity contribution >= 4 is 28.3 Å². The van der Waals surface area contributed by atoms with Gasteiger partial charge in [-0.15, -0.1) is 0 Å². The molecule has 5 nitrogen and oxygen atoms in total. The maximum Gasteiger partial charge on any atom is 0.344 e. The number of benzene rings is 2. The first-order valence-corrected chi connectivity index (χ1v) is 6.41. The molecule has 1 aromatic heterocycles. The highest BCUT2D eigenvalue weighted by Crippen LogP contribution is 2.30. The fourth-order valence-corrected chi connectivity index (χ4v) is 2.36. The summed E-state index contributed by atoms with van der Waals surface area (Å²) in [5.41, 5.74) is 0.484. The van der Waals surface area contributed by atoms with Crippen LogP contribution < -0.4 is 5.63 Å². The number of non-ortho nitro benzene ring substituents is 1. The number of nitro benzene ring substituents is 1. The van der Waals surface area contributed by atoms with E-state index < -0.39 is 10.5 Å². The van der Waals surface area contributed by atoms with Crippen molar-refractivity contribution in [2.24, 2.45) is 0 Å². The van der Waals surface area contributed by atoms with Gasteiger partial charge in [-0.25, -0.2) is 4.79 Å². The summed E-state index contributed by atoms with van der Waals surface area (Å²) in [5, 5.41) is 11.6. The largest absolute Gasteiger partial charge is 0.422 e. The molecule has 0 spiro atoms. The van der Waals surface area contributed by atoms with Crippen LogP contribution in [0.15, 0.2) is 57.7 Å². The van der Waals surface area contributed by atoms with E-state index in [0.29, 0.717) is 11.1 Å². The number of hydrogen-bond acceptors (Lipinski definition) is 4. The molecule has 0 radical (unpaired) electrons. The predicted octanol–water partition coefficient (Wildman–Crippen LogP) is 4.02. The molecule has 6 heteroatoms. The molecule has 3 rings (SSSR count). The Morgan fingerprint density at radius 1 is 1.05 bits per heavy atom. The van der Waals surface area contributed by atoms with Crippen molar-refractivity contribution in [3.63, 3.8) is 0 Å². The standard InChI is InChI=1S/C15H8ClNO4/c16-13-8-10(17(19)20)5-6-11(13)12-7-9-3-1-2-4-14(9)21-15(12)18/h1-8H. The van der Waals surface area contributed by atoms with Crippen LogP contribution in [0.3, 0.4) is 0 Å². The second-order valence-corrected chi connectivity index (χ2v) is 4.81. The highest BCUT2D eigenvalue weighted by atomic mass is 35.5. The second-order valence-electron chi connectivity index (χ2n) is 4.41. The van der Waals surface area contributed by atoms with Crippen molar-refractivity contribution < 1.29 is 9.34 Å². The molecule has 0 fully saturated rings. The monoisotopic (exact) mass is 301 g/mol. The van der Waals surface area contributed by atoms with Crippen molar-refractivity contribution in [3.05, 3.63) is 74.1 Å². The quantitative estimate of drug-likeness (QED) is 0.407. The van der Waals surface area contributed by atoms with Gasteiger partial charge in [-0.1, -0.05) is 29.8 Å². The third kappa shape index (κ3) is 2.39. The summed E-state index contributed by atoms with van der Waals surface area (Å²) in [7, 11) is 0. The number of nitrogens with zero attached hydrogens (tertiary/aromatic N) is 1. The Morgan fingerprint density at radius 2 is 1.81 bits per heavy atom. The lowest BCUT2D eigenvalue weighted by atomic mass is 10.1. The Labute approximate surface area is 123 Å². The summed E-state index contributed by atoms with van der Waals surface area (Å²) >= 11 is 6.05. The van der Waals surface area contributed by atoms with E-state index in [2.05, 4.69) is 0 Å². The molecule has 104 valence electrons.